The normalized spacial score (nSPS) is 10.2. The van der Waals surface area contributed by atoms with Crippen LogP contribution in [0.2, 0.25) is 0 Å². The van der Waals surface area contributed by atoms with Gasteiger partial charge in [0.15, 0.2) is 4.34 Å². The summed E-state index contributed by atoms with van der Waals surface area (Å²) in [6.45, 7) is 1.72. The molecule has 2 N–H and O–H groups in total. The van der Waals surface area contributed by atoms with Crippen molar-refractivity contribution in [1.82, 2.24) is 4.98 Å². The SMILES string of the molecule is Cc1nc(SCC(=O)O)sc1CC(=O)O. The third kappa shape index (κ3) is 3.88. The lowest BCUT2D eigenvalue weighted by Gasteiger charge is -1.90. The average molecular weight is 247 g/mol. The lowest BCUT2D eigenvalue weighted by molar-refractivity contribution is -0.136. The van der Waals surface area contributed by atoms with Gasteiger partial charge in [0, 0.05) is 4.88 Å². The van der Waals surface area contributed by atoms with E-state index in [0.29, 0.717) is 14.9 Å². The van der Waals surface area contributed by atoms with Gasteiger partial charge < -0.3 is 10.2 Å². The zero-order valence-electron chi connectivity index (χ0n) is 7.89. The van der Waals surface area contributed by atoms with Gasteiger partial charge in [-0.25, -0.2) is 4.98 Å². The van der Waals surface area contributed by atoms with E-state index in [9.17, 15) is 9.59 Å². The van der Waals surface area contributed by atoms with Crippen molar-refractivity contribution in [2.45, 2.75) is 17.7 Å². The van der Waals surface area contributed by atoms with Crippen LogP contribution < -0.4 is 0 Å². The molecule has 1 heterocycles. The van der Waals surface area contributed by atoms with E-state index in [-0.39, 0.29) is 12.2 Å². The summed E-state index contributed by atoms with van der Waals surface area (Å²) in [6, 6.07) is 0. The first-order valence-corrected chi connectivity index (χ1v) is 5.82. The topological polar surface area (TPSA) is 87.5 Å². The second-order valence-electron chi connectivity index (χ2n) is 2.74. The van der Waals surface area contributed by atoms with Crippen molar-refractivity contribution in [2.24, 2.45) is 0 Å². The van der Waals surface area contributed by atoms with Crippen LogP contribution in [-0.4, -0.2) is 32.9 Å². The fraction of sp³-hybridized carbons (Fsp3) is 0.375. The van der Waals surface area contributed by atoms with Crippen molar-refractivity contribution in [3.05, 3.63) is 10.6 Å². The van der Waals surface area contributed by atoms with Crippen LogP contribution in [0.3, 0.4) is 0 Å². The number of aromatic nitrogens is 1. The van der Waals surface area contributed by atoms with E-state index >= 15 is 0 Å². The maximum Gasteiger partial charge on any atom is 0.313 e. The molecule has 1 aromatic rings. The molecule has 7 heteroatoms. The van der Waals surface area contributed by atoms with Crippen LogP contribution >= 0.6 is 23.1 Å². The van der Waals surface area contributed by atoms with Gasteiger partial charge >= 0.3 is 11.9 Å². The zero-order chi connectivity index (χ0) is 11.4. The van der Waals surface area contributed by atoms with Crippen molar-refractivity contribution in [3.8, 4) is 0 Å². The summed E-state index contributed by atoms with van der Waals surface area (Å²) >= 11 is 2.34. The monoisotopic (exact) mass is 247 g/mol. The quantitative estimate of drug-likeness (QED) is 0.761. The minimum atomic E-state index is -0.910. The molecular formula is C8H9NO4S2. The van der Waals surface area contributed by atoms with Crippen LogP contribution in [0.25, 0.3) is 0 Å². The number of nitrogens with zero attached hydrogens (tertiary/aromatic N) is 1. The van der Waals surface area contributed by atoms with Crippen molar-refractivity contribution < 1.29 is 19.8 Å². The summed E-state index contributed by atoms with van der Waals surface area (Å²) in [5.74, 6) is -1.87. The van der Waals surface area contributed by atoms with Gasteiger partial charge in [-0.1, -0.05) is 11.8 Å². The van der Waals surface area contributed by atoms with Crippen molar-refractivity contribution in [1.29, 1.82) is 0 Å². The number of thiazole rings is 1. The molecule has 0 aromatic carbocycles. The molecule has 0 aliphatic rings. The Balaban J connectivity index is 2.68. The maximum atomic E-state index is 10.5. The summed E-state index contributed by atoms with van der Waals surface area (Å²) in [4.78, 5) is 25.5. The van der Waals surface area contributed by atoms with Crippen LogP contribution in [0.4, 0.5) is 0 Å². The van der Waals surface area contributed by atoms with Crippen molar-refractivity contribution in [2.75, 3.05) is 5.75 Å². The number of thioether (sulfide) groups is 1. The van der Waals surface area contributed by atoms with Gasteiger partial charge in [0.25, 0.3) is 0 Å². The van der Waals surface area contributed by atoms with Gasteiger partial charge in [0.1, 0.15) is 0 Å². The molecular weight excluding hydrogens is 238 g/mol. The smallest absolute Gasteiger partial charge is 0.313 e. The summed E-state index contributed by atoms with van der Waals surface area (Å²) in [6.07, 6.45) is -0.0584. The molecule has 82 valence electrons. The maximum absolute atomic E-state index is 10.5. The van der Waals surface area contributed by atoms with Gasteiger partial charge in [0.2, 0.25) is 0 Å². The number of aryl methyl sites for hydroxylation is 1. The Hall–Kier alpha value is -1.08. The van der Waals surface area contributed by atoms with E-state index in [2.05, 4.69) is 4.98 Å². The molecule has 0 spiro atoms. The number of carboxylic acids is 2. The number of hydrogen-bond donors (Lipinski definition) is 2. The summed E-state index contributed by atoms with van der Waals surface area (Å²) in [5, 5.41) is 17.1. The number of aliphatic carboxylic acids is 2. The predicted molar refractivity (Wildman–Crippen MR) is 56.6 cm³/mol. The molecule has 1 aromatic heterocycles. The largest absolute Gasteiger partial charge is 0.481 e. The fourth-order valence-electron chi connectivity index (χ4n) is 0.888. The Morgan fingerprint density at radius 3 is 2.60 bits per heavy atom. The Morgan fingerprint density at radius 1 is 1.40 bits per heavy atom. The molecule has 1 rings (SSSR count). The second-order valence-corrected chi connectivity index (χ2v) is 5.05. The van der Waals surface area contributed by atoms with E-state index in [4.69, 9.17) is 10.2 Å². The van der Waals surface area contributed by atoms with Gasteiger partial charge in [0.05, 0.1) is 17.9 Å². The Kier molecular flexibility index (Phi) is 4.10. The molecule has 0 radical (unpaired) electrons. The van der Waals surface area contributed by atoms with Crippen LogP contribution in [0, 0.1) is 6.92 Å². The van der Waals surface area contributed by atoms with Crippen LogP contribution in [0.1, 0.15) is 10.6 Å². The lowest BCUT2D eigenvalue weighted by atomic mass is 10.3. The van der Waals surface area contributed by atoms with Gasteiger partial charge in [-0.3, -0.25) is 9.59 Å². The predicted octanol–water partition coefficient (Wildman–Crippen LogP) is 1.26. The van der Waals surface area contributed by atoms with Crippen molar-refractivity contribution in [3.63, 3.8) is 0 Å². The molecule has 0 amide bonds. The number of hydrogen-bond acceptors (Lipinski definition) is 5. The van der Waals surface area contributed by atoms with Crippen LogP contribution in [-0.2, 0) is 16.0 Å². The third-order valence-corrected chi connectivity index (χ3v) is 3.79. The fourth-order valence-corrected chi connectivity index (χ4v) is 2.83. The second kappa shape index (κ2) is 5.13. The third-order valence-electron chi connectivity index (χ3n) is 1.50. The molecule has 0 unspecified atom stereocenters. The molecule has 0 bridgehead atoms. The molecule has 15 heavy (non-hydrogen) atoms. The summed E-state index contributed by atoms with van der Waals surface area (Å²) in [5.41, 5.74) is 0.662. The number of rotatable bonds is 5. The van der Waals surface area contributed by atoms with E-state index in [0.717, 1.165) is 11.8 Å². The first-order valence-electron chi connectivity index (χ1n) is 4.01. The molecule has 0 fully saturated rings. The zero-order valence-corrected chi connectivity index (χ0v) is 9.52. The summed E-state index contributed by atoms with van der Waals surface area (Å²) < 4.78 is 0.603. The highest BCUT2D eigenvalue weighted by Gasteiger charge is 2.11. The lowest BCUT2D eigenvalue weighted by Crippen LogP contribution is -1.99. The van der Waals surface area contributed by atoms with E-state index in [1.165, 1.54) is 11.3 Å². The highest BCUT2D eigenvalue weighted by atomic mass is 32.2. The van der Waals surface area contributed by atoms with Crippen molar-refractivity contribution >= 4 is 35.0 Å². The standard InChI is InChI=1S/C8H9NO4S2/c1-4-5(2-6(10)11)15-8(9-4)14-3-7(12)13/h2-3H2,1H3,(H,10,11)(H,12,13). The Morgan fingerprint density at radius 2 is 2.07 bits per heavy atom. The molecule has 0 saturated carbocycles. The minimum Gasteiger partial charge on any atom is -0.481 e. The number of carboxylic acid groups (broad SMARTS) is 2. The van der Waals surface area contributed by atoms with Gasteiger partial charge in [-0.2, -0.15) is 0 Å². The molecule has 0 saturated heterocycles. The number of carbonyl (C=O) groups is 2. The first kappa shape index (κ1) is 12.0. The average Bonchev–Trinajstić information content (AvgIpc) is 2.43. The van der Waals surface area contributed by atoms with E-state index in [1.54, 1.807) is 6.92 Å². The van der Waals surface area contributed by atoms with E-state index < -0.39 is 11.9 Å². The highest BCUT2D eigenvalue weighted by molar-refractivity contribution is 8.01. The van der Waals surface area contributed by atoms with Crippen LogP contribution in [0.15, 0.2) is 4.34 Å². The molecule has 0 aliphatic carbocycles. The van der Waals surface area contributed by atoms with Gasteiger partial charge in [-0.15, -0.1) is 11.3 Å². The highest BCUT2D eigenvalue weighted by Crippen LogP contribution is 2.27. The van der Waals surface area contributed by atoms with Crippen LogP contribution in [0.5, 0.6) is 0 Å². The van der Waals surface area contributed by atoms with E-state index in [1.807, 2.05) is 0 Å². The van der Waals surface area contributed by atoms with Gasteiger partial charge in [-0.05, 0) is 6.92 Å². The minimum absolute atomic E-state index is 0.0561. The summed E-state index contributed by atoms with van der Waals surface area (Å²) in [7, 11) is 0. The first-order chi connectivity index (χ1) is 6.99. The molecule has 0 aliphatic heterocycles. The molecule has 0 atom stereocenters. The molecule has 5 nitrogen and oxygen atoms in total. The Labute approximate surface area is 94.2 Å². The Bertz CT molecular complexity index is 388.